The molecular weight excluding hydrogens is 218 g/mol. The van der Waals surface area contributed by atoms with Crippen LogP contribution in [0.1, 0.15) is 31.7 Å². The van der Waals surface area contributed by atoms with Crippen molar-refractivity contribution in [2.45, 2.75) is 39.7 Å². The van der Waals surface area contributed by atoms with E-state index in [0.717, 1.165) is 5.56 Å². The van der Waals surface area contributed by atoms with Gasteiger partial charge in [-0.1, -0.05) is 6.92 Å². The molecule has 0 aliphatic carbocycles. The zero-order valence-electron chi connectivity index (χ0n) is 10.8. The van der Waals surface area contributed by atoms with Gasteiger partial charge in [0.1, 0.15) is 17.5 Å². The fourth-order valence-electron chi connectivity index (χ4n) is 1.34. The average molecular weight is 239 g/mol. The molecule has 1 unspecified atom stereocenters. The van der Waals surface area contributed by atoms with E-state index >= 15 is 0 Å². The lowest BCUT2D eigenvalue weighted by atomic mass is 10.0. The molecule has 6 heteroatoms. The van der Waals surface area contributed by atoms with Crippen LogP contribution in [-0.2, 0) is 0 Å². The number of nitrogens with zero attached hydrogens (tertiary/aromatic N) is 2. The molecule has 0 bridgehead atoms. The highest BCUT2D eigenvalue weighted by molar-refractivity contribution is 5.56. The molecule has 0 aliphatic rings. The second kappa shape index (κ2) is 5.29. The molecular formula is C11H21N5O. The smallest absolute Gasteiger partial charge is 0.148 e. The van der Waals surface area contributed by atoms with Crippen molar-refractivity contribution in [3.8, 4) is 0 Å². The number of hydrogen-bond donors (Lipinski definition) is 4. The van der Waals surface area contributed by atoms with Gasteiger partial charge in [-0.2, -0.15) is 0 Å². The number of nitrogens with two attached hydrogens (primary N) is 1. The number of aliphatic hydroxyl groups is 1. The number of aromatic nitrogens is 2. The van der Waals surface area contributed by atoms with Crippen LogP contribution < -0.4 is 16.6 Å². The normalized spacial score (nSPS) is 14.2. The molecule has 6 nitrogen and oxygen atoms in total. The van der Waals surface area contributed by atoms with E-state index in [1.54, 1.807) is 13.8 Å². The van der Waals surface area contributed by atoms with Gasteiger partial charge in [-0.05, 0) is 27.2 Å². The van der Waals surface area contributed by atoms with Gasteiger partial charge < -0.3 is 15.8 Å². The lowest BCUT2D eigenvalue weighted by Gasteiger charge is -2.23. The van der Waals surface area contributed by atoms with E-state index in [4.69, 9.17) is 5.84 Å². The molecule has 0 saturated heterocycles. The van der Waals surface area contributed by atoms with Gasteiger partial charge in [0.25, 0.3) is 0 Å². The number of hydrazine groups is 1. The molecule has 0 amide bonds. The van der Waals surface area contributed by atoms with Crippen LogP contribution in [0, 0.1) is 13.8 Å². The highest BCUT2D eigenvalue weighted by Crippen LogP contribution is 2.20. The Balaban J connectivity index is 2.88. The van der Waals surface area contributed by atoms with Gasteiger partial charge in [-0.15, -0.1) is 0 Å². The van der Waals surface area contributed by atoms with Crippen LogP contribution >= 0.6 is 0 Å². The van der Waals surface area contributed by atoms with E-state index in [9.17, 15) is 5.11 Å². The van der Waals surface area contributed by atoms with Gasteiger partial charge in [0.2, 0.25) is 0 Å². The van der Waals surface area contributed by atoms with Gasteiger partial charge >= 0.3 is 0 Å². The molecule has 0 aromatic carbocycles. The topological polar surface area (TPSA) is 96.1 Å². The fraction of sp³-hybridized carbons (Fsp3) is 0.636. The van der Waals surface area contributed by atoms with E-state index < -0.39 is 5.60 Å². The standard InChI is InChI=1S/C11H21N5O/c1-5-11(4,17)6-13-9-7(2)10(16-12)15-8(3)14-9/h17H,5-6,12H2,1-4H3,(H2,13,14,15,16). The third-order valence-electron chi connectivity index (χ3n) is 2.79. The Bertz CT molecular complexity index is 392. The lowest BCUT2D eigenvalue weighted by Crippen LogP contribution is -2.33. The first-order valence-electron chi connectivity index (χ1n) is 5.67. The third-order valence-corrected chi connectivity index (χ3v) is 2.79. The van der Waals surface area contributed by atoms with Gasteiger partial charge in [-0.25, -0.2) is 15.8 Å². The van der Waals surface area contributed by atoms with E-state index in [1.807, 2.05) is 13.8 Å². The predicted molar refractivity (Wildman–Crippen MR) is 68.7 cm³/mol. The SMILES string of the molecule is CCC(C)(O)CNc1nc(C)nc(NN)c1C. The molecule has 1 aromatic rings. The first-order valence-corrected chi connectivity index (χ1v) is 5.67. The number of aryl methyl sites for hydroxylation is 1. The van der Waals surface area contributed by atoms with E-state index in [0.29, 0.717) is 30.4 Å². The van der Waals surface area contributed by atoms with Crippen LogP contribution in [0.3, 0.4) is 0 Å². The summed E-state index contributed by atoms with van der Waals surface area (Å²) in [6.07, 6.45) is 0.672. The Labute approximate surface area is 102 Å². The Hall–Kier alpha value is -1.40. The molecule has 1 aromatic heterocycles. The summed E-state index contributed by atoms with van der Waals surface area (Å²) < 4.78 is 0. The van der Waals surface area contributed by atoms with Crippen molar-refractivity contribution < 1.29 is 5.11 Å². The lowest BCUT2D eigenvalue weighted by molar-refractivity contribution is 0.0696. The van der Waals surface area contributed by atoms with Gasteiger partial charge in [-0.3, -0.25) is 0 Å². The van der Waals surface area contributed by atoms with E-state index in [-0.39, 0.29) is 0 Å². The second-order valence-electron chi connectivity index (χ2n) is 4.44. The first-order chi connectivity index (χ1) is 7.89. The summed E-state index contributed by atoms with van der Waals surface area (Å²) >= 11 is 0. The number of rotatable bonds is 5. The molecule has 0 fully saturated rings. The molecule has 96 valence electrons. The molecule has 1 heterocycles. The van der Waals surface area contributed by atoms with Crippen LogP contribution in [0.15, 0.2) is 0 Å². The van der Waals surface area contributed by atoms with Crippen LogP contribution in [0.25, 0.3) is 0 Å². The van der Waals surface area contributed by atoms with Crippen molar-refractivity contribution in [3.05, 3.63) is 11.4 Å². The summed E-state index contributed by atoms with van der Waals surface area (Å²) in [6.45, 7) is 7.82. The minimum atomic E-state index is -0.748. The fourth-order valence-corrected chi connectivity index (χ4v) is 1.34. The highest BCUT2D eigenvalue weighted by Gasteiger charge is 2.18. The van der Waals surface area contributed by atoms with Gasteiger partial charge in [0.15, 0.2) is 0 Å². The molecule has 0 spiro atoms. The molecule has 0 aliphatic heterocycles. The minimum absolute atomic E-state index is 0.435. The van der Waals surface area contributed by atoms with Crippen LogP contribution in [0.4, 0.5) is 11.6 Å². The van der Waals surface area contributed by atoms with Crippen LogP contribution in [0.2, 0.25) is 0 Å². The van der Waals surface area contributed by atoms with Crippen molar-refractivity contribution in [3.63, 3.8) is 0 Å². The molecule has 0 radical (unpaired) electrons. The summed E-state index contributed by atoms with van der Waals surface area (Å²) in [5.74, 6) is 7.29. The molecule has 1 rings (SSSR count). The number of anilines is 2. The maximum Gasteiger partial charge on any atom is 0.148 e. The predicted octanol–water partition coefficient (Wildman–Crippen LogP) is 0.952. The molecule has 0 saturated carbocycles. The molecule has 1 atom stereocenters. The Morgan fingerprint density at radius 3 is 2.41 bits per heavy atom. The van der Waals surface area contributed by atoms with Crippen LogP contribution in [0.5, 0.6) is 0 Å². The monoisotopic (exact) mass is 239 g/mol. The third kappa shape index (κ3) is 3.54. The second-order valence-corrected chi connectivity index (χ2v) is 4.44. The maximum absolute atomic E-state index is 9.92. The van der Waals surface area contributed by atoms with Crippen molar-refractivity contribution >= 4 is 11.6 Å². The maximum atomic E-state index is 9.92. The highest BCUT2D eigenvalue weighted by atomic mass is 16.3. The van der Waals surface area contributed by atoms with E-state index in [1.165, 1.54) is 0 Å². The zero-order chi connectivity index (χ0) is 13.1. The van der Waals surface area contributed by atoms with E-state index in [2.05, 4.69) is 20.7 Å². The van der Waals surface area contributed by atoms with Crippen molar-refractivity contribution in [1.29, 1.82) is 0 Å². The summed E-state index contributed by atoms with van der Waals surface area (Å²) in [4.78, 5) is 8.46. The molecule has 17 heavy (non-hydrogen) atoms. The first kappa shape index (κ1) is 13.7. The summed E-state index contributed by atoms with van der Waals surface area (Å²) in [7, 11) is 0. The summed E-state index contributed by atoms with van der Waals surface area (Å²) in [5, 5.41) is 13.0. The largest absolute Gasteiger partial charge is 0.388 e. The average Bonchev–Trinajstić information content (AvgIpc) is 2.30. The van der Waals surface area contributed by atoms with Gasteiger partial charge in [0, 0.05) is 12.1 Å². The Kier molecular flexibility index (Phi) is 4.25. The van der Waals surface area contributed by atoms with Crippen molar-refractivity contribution in [2.24, 2.45) is 5.84 Å². The number of nitrogens with one attached hydrogen (secondary N) is 2. The zero-order valence-corrected chi connectivity index (χ0v) is 10.8. The minimum Gasteiger partial charge on any atom is -0.388 e. The van der Waals surface area contributed by atoms with Gasteiger partial charge in [0.05, 0.1) is 5.60 Å². The van der Waals surface area contributed by atoms with Crippen LogP contribution in [-0.4, -0.2) is 27.2 Å². The quantitative estimate of drug-likeness (QED) is 0.451. The Morgan fingerprint density at radius 1 is 1.29 bits per heavy atom. The van der Waals surface area contributed by atoms with Crippen molar-refractivity contribution in [2.75, 3.05) is 17.3 Å². The molecule has 5 N–H and O–H groups in total. The number of nitrogen functional groups attached to an aromatic ring is 1. The van der Waals surface area contributed by atoms with Crippen molar-refractivity contribution in [1.82, 2.24) is 9.97 Å². The number of hydrogen-bond acceptors (Lipinski definition) is 6. The summed E-state index contributed by atoms with van der Waals surface area (Å²) in [6, 6.07) is 0. The Morgan fingerprint density at radius 2 is 1.88 bits per heavy atom. The summed E-state index contributed by atoms with van der Waals surface area (Å²) in [5.41, 5.74) is 2.62.